The van der Waals surface area contributed by atoms with Gasteiger partial charge in [-0.2, -0.15) is 0 Å². The number of imidazole rings is 1. The molecule has 0 saturated heterocycles. The number of hydrogen-bond donors (Lipinski definition) is 1. The minimum absolute atomic E-state index is 0.550. The third kappa shape index (κ3) is 2.03. The molecule has 2 nitrogen and oxygen atoms in total. The van der Waals surface area contributed by atoms with Crippen molar-refractivity contribution in [2.24, 2.45) is 5.92 Å². The van der Waals surface area contributed by atoms with Crippen LogP contribution in [0, 0.1) is 10.7 Å². The standard InChI is InChI=1S/C12H20N2S/c1-8(2)11-7-13-12(15)14(11)10-5-4-9(3)6-10/h7-10H,4-6H2,1-3H3,(H,13,15). The zero-order valence-corrected chi connectivity index (χ0v) is 10.6. The summed E-state index contributed by atoms with van der Waals surface area (Å²) in [6, 6.07) is 0.635. The zero-order chi connectivity index (χ0) is 11.0. The second-order valence-electron chi connectivity index (χ2n) is 5.12. The van der Waals surface area contributed by atoms with Crippen LogP contribution >= 0.6 is 12.2 Å². The van der Waals surface area contributed by atoms with Gasteiger partial charge in [-0.3, -0.25) is 0 Å². The SMILES string of the molecule is CC1CCC(n2c(C(C)C)c[nH]c2=S)C1. The molecule has 1 N–H and O–H groups in total. The molecule has 1 aliphatic rings. The number of H-pyrrole nitrogens is 1. The number of aromatic nitrogens is 2. The molecule has 3 heteroatoms. The molecule has 2 atom stereocenters. The summed E-state index contributed by atoms with van der Waals surface area (Å²) in [7, 11) is 0. The summed E-state index contributed by atoms with van der Waals surface area (Å²) in [5, 5.41) is 0. The molecule has 1 fully saturated rings. The predicted octanol–water partition coefficient (Wildman–Crippen LogP) is 4.03. The molecule has 2 unspecified atom stereocenters. The van der Waals surface area contributed by atoms with E-state index in [9.17, 15) is 0 Å². The van der Waals surface area contributed by atoms with Crippen molar-refractivity contribution >= 4 is 12.2 Å². The van der Waals surface area contributed by atoms with Crippen molar-refractivity contribution in [3.63, 3.8) is 0 Å². The molecular weight excluding hydrogens is 204 g/mol. The van der Waals surface area contributed by atoms with Crippen LogP contribution in [0.2, 0.25) is 0 Å². The van der Waals surface area contributed by atoms with Gasteiger partial charge in [0.05, 0.1) is 0 Å². The molecule has 2 rings (SSSR count). The van der Waals surface area contributed by atoms with Gasteiger partial charge >= 0.3 is 0 Å². The summed E-state index contributed by atoms with van der Waals surface area (Å²) < 4.78 is 3.25. The highest BCUT2D eigenvalue weighted by Gasteiger charge is 2.25. The molecular formula is C12H20N2S. The number of nitrogens with zero attached hydrogens (tertiary/aromatic N) is 1. The Balaban J connectivity index is 2.34. The van der Waals surface area contributed by atoms with Gasteiger partial charge in [0.25, 0.3) is 0 Å². The monoisotopic (exact) mass is 224 g/mol. The van der Waals surface area contributed by atoms with E-state index in [4.69, 9.17) is 12.2 Å². The Kier molecular flexibility index (Phi) is 3.01. The van der Waals surface area contributed by atoms with E-state index in [-0.39, 0.29) is 0 Å². The Morgan fingerprint density at radius 2 is 2.20 bits per heavy atom. The van der Waals surface area contributed by atoms with Crippen molar-refractivity contribution in [1.29, 1.82) is 0 Å². The number of aromatic amines is 1. The van der Waals surface area contributed by atoms with E-state index in [0.717, 1.165) is 10.7 Å². The maximum Gasteiger partial charge on any atom is 0.177 e. The lowest BCUT2D eigenvalue weighted by molar-refractivity contribution is 0.468. The first-order valence-electron chi connectivity index (χ1n) is 5.89. The summed E-state index contributed by atoms with van der Waals surface area (Å²) in [5.74, 6) is 1.40. The molecule has 1 aliphatic carbocycles. The van der Waals surface area contributed by atoms with Gasteiger partial charge in [0.15, 0.2) is 4.77 Å². The fourth-order valence-corrected chi connectivity index (χ4v) is 2.94. The van der Waals surface area contributed by atoms with Crippen LogP contribution in [0.4, 0.5) is 0 Å². The first kappa shape index (κ1) is 10.9. The fraction of sp³-hybridized carbons (Fsp3) is 0.750. The Bertz CT molecular complexity index is 389. The van der Waals surface area contributed by atoms with Crippen LogP contribution in [0.3, 0.4) is 0 Å². The Hall–Kier alpha value is -0.570. The minimum Gasteiger partial charge on any atom is -0.337 e. The van der Waals surface area contributed by atoms with E-state index in [0.29, 0.717) is 12.0 Å². The molecule has 0 aromatic carbocycles. The highest BCUT2D eigenvalue weighted by atomic mass is 32.1. The fourth-order valence-electron chi connectivity index (χ4n) is 2.63. The summed E-state index contributed by atoms with van der Waals surface area (Å²) in [4.78, 5) is 3.19. The van der Waals surface area contributed by atoms with Crippen LogP contribution in [0.15, 0.2) is 6.20 Å². The molecule has 0 spiro atoms. The Morgan fingerprint density at radius 3 is 2.73 bits per heavy atom. The van der Waals surface area contributed by atoms with Crippen LogP contribution < -0.4 is 0 Å². The van der Waals surface area contributed by atoms with Crippen LogP contribution in [-0.2, 0) is 0 Å². The molecule has 1 aromatic heterocycles. The molecule has 0 amide bonds. The summed E-state index contributed by atoms with van der Waals surface area (Å²) in [6.07, 6.45) is 5.99. The second-order valence-corrected chi connectivity index (χ2v) is 5.50. The van der Waals surface area contributed by atoms with Crippen molar-refractivity contribution in [3.05, 3.63) is 16.7 Å². The molecule has 15 heavy (non-hydrogen) atoms. The van der Waals surface area contributed by atoms with Crippen molar-refractivity contribution < 1.29 is 0 Å². The van der Waals surface area contributed by atoms with Gasteiger partial charge in [0.2, 0.25) is 0 Å². The quantitative estimate of drug-likeness (QED) is 0.752. The molecule has 1 saturated carbocycles. The highest BCUT2D eigenvalue weighted by Crippen LogP contribution is 2.36. The van der Waals surface area contributed by atoms with Gasteiger partial charge in [0.1, 0.15) is 0 Å². The molecule has 0 bridgehead atoms. The van der Waals surface area contributed by atoms with Gasteiger partial charge in [-0.15, -0.1) is 0 Å². The zero-order valence-electron chi connectivity index (χ0n) is 9.79. The first-order chi connectivity index (χ1) is 7.09. The summed E-state index contributed by atoms with van der Waals surface area (Å²) in [5.41, 5.74) is 1.36. The van der Waals surface area contributed by atoms with Crippen LogP contribution in [0.25, 0.3) is 0 Å². The molecule has 1 heterocycles. The third-order valence-electron chi connectivity index (χ3n) is 3.46. The molecule has 0 radical (unpaired) electrons. The van der Waals surface area contributed by atoms with Crippen molar-refractivity contribution in [2.45, 2.75) is 52.0 Å². The van der Waals surface area contributed by atoms with Crippen molar-refractivity contribution in [1.82, 2.24) is 9.55 Å². The largest absolute Gasteiger partial charge is 0.337 e. The van der Waals surface area contributed by atoms with Gasteiger partial charge in [0, 0.05) is 17.9 Å². The van der Waals surface area contributed by atoms with E-state index in [1.54, 1.807) is 0 Å². The molecule has 0 aliphatic heterocycles. The van der Waals surface area contributed by atoms with Crippen LogP contribution in [0.1, 0.15) is 57.7 Å². The maximum absolute atomic E-state index is 5.37. The predicted molar refractivity (Wildman–Crippen MR) is 65.8 cm³/mol. The van der Waals surface area contributed by atoms with Crippen LogP contribution in [-0.4, -0.2) is 9.55 Å². The average Bonchev–Trinajstić information content (AvgIpc) is 2.71. The third-order valence-corrected chi connectivity index (χ3v) is 3.78. The summed E-state index contributed by atoms with van der Waals surface area (Å²) in [6.45, 7) is 6.80. The van der Waals surface area contributed by atoms with Gasteiger partial charge < -0.3 is 9.55 Å². The Labute approximate surface area is 96.7 Å². The van der Waals surface area contributed by atoms with Gasteiger partial charge in [-0.1, -0.05) is 20.8 Å². The number of rotatable bonds is 2. The maximum atomic E-state index is 5.37. The van der Waals surface area contributed by atoms with E-state index >= 15 is 0 Å². The van der Waals surface area contributed by atoms with Crippen LogP contribution in [0.5, 0.6) is 0 Å². The number of hydrogen-bond acceptors (Lipinski definition) is 1. The Morgan fingerprint density at radius 1 is 1.47 bits per heavy atom. The van der Waals surface area contributed by atoms with E-state index in [1.807, 2.05) is 0 Å². The van der Waals surface area contributed by atoms with E-state index in [1.165, 1.54) is 25.0 Å². The topological polar surface area (TPSA) is 20.7 Å². The number of nitrogens with one attached hydrogen (secondary N) is 1. The lowest BCUT2D eigenvalue weighted by Gasteiger charge is -2.17. The smallest absolute Gasteiger partial charge is 0.177 e. The minimum atomic E-state index is 0.550. The normalized spacial score (nSPS) is 26.4. The van der Waals surface area contributed by atoms with Gasteiger partial charge in [-0.05, 0) is 43.3 Å². The van der Waals surface area contributed by atoms with Gasteiger partial charge in [-0.25, -0.2) is 0 Å². The lowest BCUT2D eigenvalue weighted by Crippen LogP contribution is -2.10. The van der Waals surface area contributed by atoms with Crippen molar-refractivity contribution in [3.8, 4) is 0 Å². The first-order valence-corrected chi connectivity index (χ1v) is 6.30. The summed E-state index contributed by atoms with van der Waals surface area (Å²) >= 11 is 5.37. The van der Waals surface area contributed by atoms with E-state index in [2.05, 4.69) is 36.5 Å². The highest BCUT2D eigenvalue weighted by molar-refractivity contribution is 7.71. The average molecular weight is 224 g/mol. The lowest BCUT2D eigenvalue weighted by atomic mass is 10.1. The molecule has 1 aromatic rings. The second kappa shape index (κ2) is 4.12. The molecule has 84 valence electrons. The van der Waals surface area contributed by atoms with Crippen molar-refractivity contribution in [2.75, 3.05) is 0 Å². The van der Waals surface area contributed by atoms with E-state index < -0.39 is 0 Å².